The Balaban J connectivity index is 2.28. The lowest BCUT2D eigenvalue weighted by Crippen LogP contribution is -2.46. The summed E-state index contributed by atoms with van der Waals surface area (Å²) in [6, 6.07) is -1.25. The highest BCUT2D eigenvalue weighted by molar-refractivity contribution is 5.82. The molecule has 1 fully saturated rings. The largest absolute Gasteiger partial charge is 0.480 e. The molecule has 0 heterocycles. The quantitative estimate of drug-likeness (QED) is 0.661. The third kappa shape index (κ3) is 3.12. The first-order chi connectivity index (χ1) is 7.37. The van der Waals surface area contributed by atoms with E-state index in [-0.39, 0.29) is 5.41 Å². The van der Waals surface area contributed by atoms with Crippen LogP contribution in [-0.4, -0.2) is 29.7 Å². The number of amides is 2. The molecule has 1 aliphatic carbocycles. The normalized spacial score (nSPS) is 19.0. The molecule has 0 saturated heterocycles. The summed E-state index contributed by atoms with van der Waals surface area (Å²) >= 11 is 0. The van der Waals surface area contributed by atoms with Crippen molar-refractivity contribution in [2.24, 2.45) is 11.3 Å². The smallest absolute Gasteiger partial charge is 0.325 e. The van der Waals surface area contributed by atoms with Crippen molar-refractivity contribution in [1.29, 1.82) is 0 Å². The molecular formula is C11H20N2O3. The molecule has 2 amide bonds. The minimum atomic E-state index is -1.03. The monoisotopic (exact) mass is 228 g/mol. The number of urea groups is 1. The van der Waals surface area contributed by atoms with Crippen LogP contribution in [0.3, 0.4) is 0 Å². The molecule has 1 saturated carbocycles. The summed E-state index contributed by atoms with van der Waals surface area (Å²) in [4.78, 5) is 21.9. The molecule has 1 aliphatic rings. The van der Waals surface area contributed by atoms with Gasteiger partial charge in [0.15, 0.2) is 0 Å². The molecule has 3 N–H and O–H groups in total. The van der Waals surface area contributed by atoms with Crippen molar-refractivity contribution in [2.45, 2.75) is 39.7 Å². The molecule has 5 nitrogen and oxygen atoms in total. The summed E-state index contributed by atoms with van der Waals surface area (Å²) in [5.74, 6) is -0.482. The molecule has 0 unspecified atom stereocenters. The van der Waals surface area contributed by atoms with Crippen molar-refractivity contribution in [3.05, 3.63) is 0 Å². The van der Waals surface area contributed by atoms with Crippen LogP contribution in [0.25, 0.3) is 0 Å². The Bertz CT molecular complexity index is 285. The molecule has 0 bridgehead atoms. The lowest BCUT2D eigenvalue weighted by atomic mass is 9.92. The number of rotatable bonds is 5. The highest BCUT2D eigenvalue weighted by Crippen LogP contribution is 2.51. The van der Waals surface area contributed by atoms with E-state index in [1.54, 1.807) is 0 Å². The zero-order valence-corrected chi connectivity index (χ0v) is 10.0. The first kappa shape index (κ1) is 12.8. The van der Waals surface area contributed by atoms with E-state index in [1.165, 1.54) is 6.92 Å². The minimum Gasteiger partial charge on any atom is -0.480 e. The van der Waals surface area contributed by atoms with Gasteiger partial charge in [0.1, 0.15) is 6.04 Å². The van der Waals surface area contributed by atoms with Crippen LogP contribution in [0.15, 0.2) is 0 Å². The van der Waals surface area contributed by atoms with Gasteiger partial charge < -0.3 is 15.7 Å². The van der Waals surface area contributed by atoms with E-state index in [2.05, 4.69) is 24.5 Å². The second-order valence-corrected chi connectivity index (χ2v) is 4.90. The van der Waals surface area contributed by atoms with Crippen molar-refractivity contribution in [3.63, 3.8) is 0 Å². The van der Waals surface area contributed by atoms with E-state index in [4.69, 9.17) is 5.11 Å². The number of carbonyl (C=O) groups excluding carboxylic acids is 1. The summed E-state index contributed by atoms with van der Waals surface area (Å²) in [6.45, 7) is 6.36. The molecule has 0 radical (unpaired) electrons. The van der Waals surface area contributed by atoms with E-state index in [0.717, 1.165) is 12.8 Å². The van der Waals surface area contributed by atoms with Crippen molar-refractivity contribution in [1.82, 2.24) is 10.6 Å². The molecule has 0 aliphatic heterocycles. The van der Waals surface area contributed by atoms with Gasteiger partial charge in [-0.3, -0.25) is 4.79 Å². The molecule has 1 rings (SSSR count). The maximum absolute atomic E-state index is 11.4. The van der Waals surface area contributed by atoms with Gasteiger partial charge in [-0.05, 0) is 31.1 Å². The number of nitrogens with one attached hydrogen (secondary N) is 2. The topological polar surface area (TPSA) is 78.4 Å². The van der Waals surface area contributed by atoms with Crippen LogP contribution in [0.5, 0.6) is 0 Å². The summed E-state index contributed by atoms with van der Waals surface area (Å²) < 4.78 is 0. The molecule has 1 atom stereocenters. The number of carbonyl (C=O) groups is 2. The van der Waals surface area contributed by atoms with E-state index in [9.17, 15) is 9.59 Å². The molecular weight excluding hydrogens is 208 g/mol. The Morgan fingerprint density at radius 3 is 2.25 bits per heavy atom. The van der Waals surface area contributed by atoms with E-state index < -0.39 is 18.0 Å². The Morgan fingerprint density at radius 1 is 1.31 bits per heavy atom. The zero-order valence-electron chi connectivity index (χ0n) is 10.0. The van der Waals surface area contributed by atoms with E-state index in [0.29, 0.717) is 12.5 Å². The Kier molecular flexibility index (Phi) is 3.78. The average Bonchev–Trinajstić information content (AvgIpc) is 2.95. The van der Waals surface area contributed by atoms with Gasteiger partial charge in [-0.25, -0.2) is 4.79 Å². The molecule has 0 aromatic carbocycles. The Morgan fingerprint density at radius 2 is 1.88 bits per heavy atom. The van der Waals surface area contributed by atoms with Gasteiger partial charge >= 0.3 is 12.0 Å². The summed E-state index contributed by atoms with van der Waals surface area (Å²) in [6.07, 6.45) is 2.28. The standard InChI is InChI=1S/C11H20N2O3/c1-7(2)11(4-5-11)6-12-10(16)13-8(3)9(14)15/h7-8H,4-6H2,1-3H3,(H,14,15)(H2,12,13,16)/t8-/m1/s1. The van der Waals surface area contributed by atoms with Crippen molar-refractivity contribution < 1.29 is 14.7 Å². The highest BCUT2D eigenvalue weighted by atomic mass is 16.4. The maximum atomic E-state index is 11.4. The number of aliphatic carboxylic acids is 1. The Hall–Kier alpha value is -1.26. The summed E-state index contributed by atoms with van der Waals surface area (Å²) in [7, 11) is 0. The van der Waals surface area contributed by atoms with Crippen LogP contribution >= 0.6 is 0 Å². The minimum absolute atomic E-state index is 0.240. The number of carboxylic acid groups (broad SMARTS) is 1. The van der Waals surface area contributed by atoms with Gasteiger partial charge in [-0.15, -0.1) is 0 Å². The van der Waals surface area contributed by atoms with Crippen LogP contribution < -0.4 is 10.6 Å². The second-order valence-electron chi connectivity index (χ2n) is 4.90. The van der Waals surface area contributed by atoms with Gasteiger partial charge in [0.2, 0.25) is 0 Å². The highest BCUT2D eigenvalue weighted by Gasteiger charge is 2.45. The molecule has 0 spiro atoms. The predicted octanol–water partition coefficient (Wildman–Crippen LogP) is 1.19. The third-order valence-corrected chi connectivity index (χ3v) is 3.44. The fourth-order valence-corrected chi connectivity index (χ4v) is 1.68. The van der Waals surface area contributed by atoms with Crippen molar-refractivity contribution in [3.8, 4) is 0 Å². The lowest BCUT2D eigenvalue weighted by molar-refractivity contribution is -0.138. The second kappa shape index (κ2) is 4.72. The van der Waals surface area contributed by atoms with Crippen molar-refractivity contribution >= 4 is 12.0 Å². The predicted molar refractivity (Wildman–Crippen MR) is 60.1 cm³/mol. The number of hydrogen-bond acceptors (Lipinski definition) is 2. The van der Waals surface area contributed by atoms with Crippen LogP contribution in [-0.2, 0) is 4.79 Å². The van der Waals surface area contributed by atoms with Gasteiger partial charge in [-0.1, -0.05) is 13.8 Å². The SMILES string of the molecule is CC(C)C1(CNC(=O)N[C@H](C)C(=O)O)CC1. The molecule has 0 aromatic heterocycles. The van der Waals surface area contributed by atoms with Crippen LogP contribution in [0.2, 0.25) is 0 Å². The van der Waals surface area contributed by atoms with Crippen LogP contribution in [0.1, 0.15) is 33.6 Å². The van der Waals surface area contributed by atoms with Crippen LogP contribution in [0.4, 0.5) is 4.79 Å². The average molecular weight is 228 g/mol. The molecule has 92 valence electrons. The van der Waals surface area contributed by atoms with Gasteiger partial charge in [0.05, 0.1) is 0 Å². The number of hydrogen-bond donors (Lipinski definition) is 3. The summed E-state index contributed by atoms with van der Waals surface area (Å²) in [5.41, 5.74) is 0.240. The van der Waals surface area contributed by atoms with Gasteiger partial charge in [-0.2, -0.15) is 0 Å². The summed E-state index contributed by atoms with van der Waals surface area (Å²) in [5, 5.41) is 13.7. The van der Waals surface area contributed by atoms with Crippen LogP contribution in [0, 0.1) is 11.3 Å². The third-order valence-electron chi connectivity index (χ3n) is 3.44. The number of carboxylic acids is 1. The maximum Gasteiger partial charge on any atom is 0.325 e. The molecule has 5 heteroatoms. The fourth-order valence-electron chi connectivity index (χ4n) is 1.68. The van der Waals surface area contributed by atoms with E-state index in [1.807, 2.05) is 0 Å². The van der Waals surface area contributed by atoms with Crippen molar-refractivity contribution in [2.75, 3.05) is 6.54 Å². The first-order valence-corrected chi connectivity index (χ1v) is 5.64. The zero-order chi connectivity index (χ0) is 12.3. The lowest BCUT2D eigenvalue weighted by Gasteiger charge is -2.20. The molecule has 16 heavy (non-hydrogen) atoms. The fraction of sp³-hybridized carbons (Fsp3) is 0.818. The van der Waals surface area contributed by atoms with E-state index >= 15 is 0 Å². The first-order valence-electron chi connectivity index (χ1n) is 5.64. The molecule has 0 aromatic rings. The van der Waals surface area contributed by atoms with Gasteiger partial charge in [0, 0.05) is 6.54 Å². The Labute approximate surface area is 95.6 Å². The van der Waals surface area contributed by atoms with Gasteiger partial charge in [0.25, 0.3) is 0 Å².